The van der Waals surface area contributed by atoms with Gasteiger partial charge in [0.25, 0.3) is 0 Å². The minimum absolute atomic E-state index is 0.0181. The average Bonchev–Trinajstić information content (AvgIpc) is 2.84. The van der Waals surface area contributed by atoms with E-state index in [2.05, 4.69) is 18.6 Å². The molecule has 8 heteroatoms. The highest BCUT2D eigenvalue weighted by Gasteiger charge is 2.13. The summed E-state index contributed by atoms with van der Waals surface area (Å²) < 4.78 is 21.2. The molecule has 0 aliphatic carbocycles. The van der Waals surface area contributed by atoms with Crippen molar-refractivity contribution in [3.8, 4) is 11.5 Å². The number of hydrogen-bond acceptors (Lipinski definition) is 8. The van der Waals surface area contributed by atoms with Crippen LogP contribution in [0.25, 0.3) is 0 Å². The number of carbonyl (C=O) groups excluding carboxylic acids is 3. The monoisotopic (exact) mass is 538 g/mol. The van der Waals surface area contributed by atoms with Gasteiger partial charge in [-0.1, -0.05) is 51.7 Å². The molecule has 0 aliphatic rings. The zero-order valence-electron chi connectivity index (χ0n) is 24.2. The van der Waals surface area contributed by atoms with Gasteiger partial charge in [0.05, 0.1) is 0 Å². The van der Waals surface area contributed by atoms with E-state index in [0.29, 0.717) is 13.2 Å². The standard InChI is InChI=1S/C22H42O5.C8H8O3/c1-5-7-9-13-21(26-19(3)23)15-11-17-25-18-12-16-22(27-20(4)24)14-10-8-6-2;1-6(9)11-8-5-3-2-4-7(8)10/h21-22H,5-18H2,1-4H3;2-5,10H,1H3. The smallest absolute Gasteiger partial charge is 0.308 e. The molecular formula is C30H50O8. The predicted molar refractivity (Wildman–Crippen MR) is 148 cm³/mol. The van der Waals surface area contributed by atoms with Crippen molar-refractivity contribution in [3.05, 3.63) is 24.3 Å². The molecule has 1 aromatic carbocycles. The largest absolute Gasteiger partial charge is 0.504 e. The normalized spacial score (nSPS) is 12.0. The highest BCUT2D eigenvalue weighted by Crippen LogP contribution is 2.24. The lowest BCUT2D eigenvalue weighted by atomic mass is 10.1. The maximum Gasteiger partial charge on any atom is 0.308 e. The first kappa shape index (κ1) is 35.4. The van der Waals surface area contributed by atoms with Crippen LogP contribution >= 0.6 is 0 Å². The molecule has 1 aromatic rings. The first-order valence-electron chi connectivity index (χ1n) is 14.1. The van der Waals surface area contributed by atoms with Crippen LogP contribution in [-0.2, 0) is 28.6 Å². The van der Waals surface area contributed by atoms with E-state index in [9.17, 15) is 14.4 Å². The number of aromatic hydroxyl groups is 1. The van der Waals surface area contributed by atoms with Crippen molar-refractivity contribution < 1.29 is 38.4 Å². The summed E-state index contributed by atoms with van der Waals surface area (Å²) in [5.74, 6) is -0.664. The van der Waals surface area contributed by atoms with E-state index in [-0.39, 0.29) is 35.6 Å². The fraction of sp³-hybridized carbons (Fsp3) is 0.700. The number of unbranched alkanes of at least 4 members (excludes halogenated alkanes) is 4. The molecule has 0 aromatic heterocycles. The molecule has 2 atom stereocenters. The zero-order valence-corrected chi connectivity index (χ0v) is 24.2. The third kappa shape index (κ3) is 21.5. The molecule has 38 heavy (non-hydrogen) atoms. The molecule has 8 nitrogen and oxygen atoms in total. The number of rotatable bonds is 19. The zero-order chi connectivity index (χ0) is 28.6. The van der Waals surface area contributed by atoms with E-state index in [1.165, 1.54) is 58.6 Å². The van der Waals surface area contributed by atoms with Crippen LogP contribution in [0.3, 0.4) is 0 Å². The Hall–Kier alpha value is -2.61. The van der Waals surface area contributed by atoms with Crippen molar-refractivity contribution in [2.75, 3.05) is 13.2 Å². The summed E-state index contributed by atoms with van der Waals surface area (Å²) in [6, 6.07) is 6.31. The number of benzene rings is 1. The molecule has 0 heterocycles. The second kappa shape index (κ2) is 23.5. The van der Waals surface area contributed by atoms with Gasteiger partial charge in [-0.2, -0.15) is 0 Å². The lowest BCUT2D eigenvalue weighted by Crippen LogP contribution is -2.18. The molecule has 218 valence electrons. The van der Waals surface area contributed by atoms with Gasteiger partial charge in [-0.05, 0) is 63.5 Å². The van der Waals surface area contributed by atoms with Gasteiger partial charge in [0.1, 0.15) is 12.2 Å². The minimum Gasteiger partial charge on any atom is -0.504 e. The summed E-state index contributed by atoms with van der Waals surface area (Å²) >= 11 is 0. The van der Waals surface area contributed by atoms with Crippen LogP contribution in [0.4, 0.5) is 0 Å². The van der Waals surface area contributed by atoms with E-state index in [0.717, 1.165) is 51.4 Å². The lowest BCUT2D eigenvalue weighted by Gasteiger charge is -2.18. The molecule has 0 saturated carbocycles. The molecule has 0 saturated heterocycles. The van der Waals surface area contributed by atoms with Crippen molar-refractivity contribution >= 4 is 17.9 Å². The van der Waals surface area contributed by atoms with Gasteiger partial charge in [0, 0.05) is 34.0 Å². The average molecular weight is 539 g/mol. The van der Waals surface area contributed by atoms with Crippen LogP contribution in [0.15, 0.2) is 24.3 Å². The Morgan fingerprint density at radius 2 is 1.13 bits per heavy atom. The van der Waals surface area contributed by atoms with E-state index in [1.807, 2.05) is 0 Å². The number of para-hydroxylation sites is 2. The Morgan fingerprint density at radius 3 is 1.53 bits per heavy atom. The molecule has 0 bridgehead atoms. The second-order valence-electron chi connectivity index (χ2n) is 9.41. The SMILES string of the molecule is CC(=O)Oc1ccccc1O.CCCCCC(CCCOCCCC(CCCCC)OC(C)=O)OC(C)=O. The Labute approximate surface area is 229 Å². The van der Waals surface area contributed by atoms with Gasteiger partial charge >= 0.3 is 17.9 Å². The summed E-state index contributed by atoms with van der Waals surface area (Å²) in [4.78, 5) is 32.8. The van der Waals surface area contributed by atoms with Gasteiger partial charge in [-0.3, -0.25) is 14.4 Å². The highest BCUT2D eigenvalue weighted by atomic mass is 16.5. The third-order valence-corrected chi connectivity index (χ3v) is 5.67. The number of phenolic OH excluding ortho intramolecular Hbond substituents is 1. The van der Waals surface area contributed by atoms with Crippen molar-refractivity contribution in [2.24, 2.45) is 0 Å². The van der Waals surface area contributed by atoms with E-state index < -0.39 is 5.97 Å². The lowest BCUT2D eigenvalue weighted by molar-refractivity contribution is -0.148. The van der Waals surface area contributed by atoms with Crippen LogP contribution in [-0.4, -0.2) is 48.4 Å². The number of hydrogen-bond donors (Lipinski definition) is 1. The summed E-state index contributed by atoms with van der Waals surface area (Å²) in [7, 11) is 0. The Balaban J connectivity index is 0.00000103. The predicted octanol–water partition coefficient (Wildman–Crippen LogP) is 6.90. The number of phenols is 1. The van der Waals surface area contributed by atoms with E-state index in [1.54, 1.807) is 12.1 Å². The third-order valence-electron chi connectivity index (χ3n) is 5.67. The molecule has 0 fully saturated rings. The molecule has 1 rings (SSSR count). The molecular weight excluding hydrogens is 488 g/mol. The van der Waals surface area contributed by atoms with Gasteiger partial charge < -0.3 is 24.1 Å². The van der Waals surface area contributed by atoms with Crippen LogP contribution in [0.1, 0.15) is 112 Å². The van der Waals surface area contributed by atoms with Gasteiger partial charge in [0.15, 0.2) is 11.5 Å². The van der Waals surface area contributed by atoms with Crippen molar-refractivity contribution in [1.29, 1.82) is 0 Å². The summed E-state index contributed by atoms with van der Waals surface area (Å²) in [5, 5.41) is 9.08. The summed E-state index contributed by atoms with van der Waals surface area (Å²) in [6.45, 7) is 9.94. The summed E-state index contributed by atoms with van der Waals surface area (Å²) in [6.07, 6.45) is 12.3. The van der Waals surface area contributed by atoms with Crippen LogP contribution in [0, 0.1) is 0 Å². The fourth-order valence-corrected chi connectivity index (χ4v) is 3.86. The molecule has 2 unspecified atom stereocenters. The molecule has 0 spiro atoms. The number of esters is 3. The van der Waals surface area contributed by atoms with Crippen LogP contribution in [0.2, 0.25) is 0 Å². The fourth-order valence-electron chi connectivity index (χ4n) is 3.86. The van der Waals surface area contributed by atoms with Crippen LogP contribution < -0.4 is 4.74 Å². The van der Waals surface area contributed by atoms with Crippen molar-refractivity contribution in [1.82, 2.24) is 0 Å². The maximum absolute atomic E-state index is 11.2. The van der Waals surface area contributed by atoms with E-state index in [4.69, 9.17) is 19.3 Å². The Kier molecular flexibility index (Phi) is 21.9. The highest BCUT2D eigenvalue weighted by molar-refractivity contribution is 5.70. The molecule has 0 amide bonds. The minimum atomic E-state index is -0.438. The van der Waals surface area contributed by atoms with Gasteiger partial charge in [-0.15, -0.1) is 0 Å². The maximum atomic E-state index is 11.2. The second-order valence-corrected chi connectivity index (χ2v) is 9.41. The molecule has 0 aliphatic heterocycles. The van der Waals surface area contributed by atoms with E-state index >= 15 is 0 Å². The first-order valence-corrected chi connectivity index (χ1v) is 14.1. The van der Waals surface area contributed by atoms with Crippen LogP contribution in [0.5, 0.6) is 11.5 Å². The Bertz CT molecular complexity index is 730. The van der Waals surface area contributed by atoms with Crippen molar-refractivity contribution in [3.63, 3.8) is 0 Å². The topological polar surface area (TPSA) is 108 Å². The number of ether oxygens (including phenoxy) is 4. The number of carbonyl (C=O) groups is 3. The van der Waals surface area contributed by atoms with Gasteiger partial charge in [-0.25, -0.2) is 0 Å². The summed E-state index contributed by atoms with van der Waals surface area (Å²) in [5.41, 5.74) is 0. The molecule has 0 radical (unpaired) electrons. The first-order chi connectivity index (χ1) is 18.2. The Morgan fingerprint density at radius 1 is 0.684 bits per heavy atom. The molecule has 1 N–H and O–H groups in total. The van der Waals surface area contributed by atoms with Gasteiger partial charge in [0.2, 0.25) is 0 Å². The van der Waals surface area contributed by atoms with Crippen molar-refractivity contribution in [2.45, 2.75) is 124 Å². The quantitative estimate of drug-likeness (QED) is 0.115.